The van der Waals surface area contributed by atoms with Gasteiger partial charge in [0.2, 0.25) is 23.6 Å². The minimum Gasteiger partial charge on any atom is -0.548 e. The van der Waals surface area contributed by atoms with Gasteiger partial charge in [-0.25, -0.2) is 0 Å². The fraction of sp³-hybridized carbons (Fsp3) is 0.667. The molecule has 0 aliphatic heterocycles. The Morgan fingerprint density at radius 1 is 0.390 bits per heavy atom. The quantitative estimate of drug-likeness (QED) is 0.117. The monoisotopic (exact) mass is 624 g/mol. The molecule has 0 atom stereocenters. The van der Waals surface area contributed by atoms with Gasteiger partial charge >= 0.3 is 21.7 Å². The van der Waals surface area contributed by atoms with Crippen molar-refractivity contribution < 1.29 is 80.5 Å². The van der Waals surface area contributed by atoms with Crippen LogP contribution in [0.15, 0.2) is 0 Å². The molecule has 41 heavy (non-hydrogen) atoms. The van der Waals surface area contributed by atoms with Crippen LogP contribution in [0.4, 0.5) is 0 Å². The summed E-state index contributed by atoms with van der Waals surface area (Å²) in [6, 6.07) is 0. The number of aliphatic carboxylic acids is 4. The smallest absolute Gasteiger partial charge is 0.548 e. The van der Waals surface area contributed by atoms with Crippen LogP contribution >= 0.6 is 0 Å². The predicted octanol–water partition coefficient (Wildman–Crippen LogP) is -5.39. The molecule has 0 saturated heterocycles. The first-order chi connectivity index (χ1) is 18.7. The van der Waals surface area contributed by atoms with Crippen molar-refractivity contribution in [1.29, 1.82) is 0 Å². The van der Waals surface area contributed by atoms with Gasteiger partial charge in [0.1, 0.15) is 0 Å². The molecule has 232 valence electrons. The van der Waals surface area contributed by atoms with Crippen molar-refractivity contribution in [1.82, 2.24) is 21.3 Å². The second kappa shape index (κ2) is 34.5. The minimum atomic E-state index is -1.26. The zero-order valence-corrected chi connectivity index (χ0v) is 25.4. The molecule has 0 aromatic rings. The number of carboxylic acid groups (broad SMARTS) is 4. The van der Waals surface area contributed by atoms with E-state index >= 15 is 0 Å². The Kier molecular flexibility index (Phi) is 39.8. The molecule has 0 spiro atoms. The van der Waals surface area contributed by atoms with E-state index in [-0.39, 0.29) is 45.3 Å². The van der Waals surface area contributed by atoms with Crippen molar-refractivity contribution in [2.75, 3.05) is 26.2 Å². The van der Waals surface area contributed by atoms with E-state index in [2.05, 4.69) is 21.3 Å². The van der Waals surface area contributed by atoms with Crippen LogP contribution in [0.3, 0.4) is 0 Å². The van der Waals surface area contributed by atoms with E-state index in [0.29, 0.717) is 25.7 Å². The molecule has 17 heteroatoms. The van der Waals surface area contributed by atoms with Crippen LogP contribution in [0.5, 0.6) is 0 Å². The summed E-state index contributed by atoms with van der Waals surface area (Å²) in [5.74, 6) is -6.01. The summed E-state index contributed by atoms with van der Waals surface area (Å²) in [7, 11) is 0. The third-order valence-electron chi connectivity index (χ3n) is 3.63. The molecule has 0 fully saturated rings. The van der Waals surface area contributed by atoms with E-state index < -0.39 is 50.1 Å². The van der Waals surface area contributed by atoms with Crippen LogP contribution in [0.1, 0.15) is 79.1 Å². The molecule has 4 N–H and O–H groups in total. The van der Waals surface area contributed by atoms with Crippen molar-refractivity contribution in [2.45, 2.75) is 79.1 Å². The maximum Gasteiger partial charge on any atom is 4.00 e. The van der Waals surface area contributed by atoms with Crippen molar-refractivity contribution >= 4 is 47.5 Å². The largest absolute Gasteiger partial charge is 4.00 e. The molecule has 0 rings (SSSR count). The normalized spacial score (nSPS) is 8.68. The van der Waals surface area contributed by atoms with Gasteiger partial charge in [0.25, 0.3) is 0 Å². The summed E-state index contributed by atoms with van der Waals surface area (Å²) in [4.78, 5) is 81.3. The maximum atomic E-state index is 10.5. The Morgan fingerprint density at radius 3 is 0.634 bits per heavy atom. The van der Waals surface area contributed by atoms with Gasteiger partial charge < -0.3 is 60.9 Å². The number of amides is 4. The van der Waals surface area contributed by atoms with E-state index in [4.69, 9.17) is 0 Å². The fourth-order valence-corrected chi connectivity index (χ4v) is 1.94. The number of hydrogen-bond acceptors (Lipinski definition) is 12. The van der Waals surface area contributed by atoms with Crippen LogP contribution in [0, 0.1) is 0 Å². The Balaban J connectivity index is -0.000000139. The molecule has 0 radical (unpaired) electrons. The van der Waals surface area contributed by atoms with Gasteiger partial charge in [-0.2, -0.15) is 0 Å². The summed E-state index contributed by atoms with van der Waals surface area (Å²) in [6.07, 6.45) is 4.36. The number of nitrogens with one attached hydrogen (secondary N) is 4. The standard InChI is InChI=1S/4C6H11NO3.Ti/c4*1-2-3-5(8)7-4-6(9)10;/h4*2-4H2,1H3,(H,7,8)(H,9,10);/q;;;;+4/p-4. The number of rotatable bonds is 16. The first-order valence-corrected chi connectivity index (χ1v) is 12.5. The maximum absolute atomic E-state index is 10.5. The van der Waals surface area contributed by atoms with Gasteiger partial charge in [-0.1, -0.05) is 27.7 Å². The topological polar surface area (TPSA) is 277 Å². The van der Waals surface area contributed by atoms with Gasteiger partial charge in [-0.15, -0.1) is 0 Å². The van der Waals surface area contributed by atoms with E-state index in [9.17, 15) is 58.8 Å². The molecule has 4 amide bonds. The van der Waals surface area contributed by atoms with E-state index in [1.54, 1.807) is 0 Å². The summed E-state index contributed by atoms with van der Waals surface area (Å²) >= 11 is 0. The second-order valence-corrected chi connectivity index (χ2v) is 7.59. The third kappa shape index (κ3) is 53.5. The molecule has 0 aliphatic carbocycles. The number of hydrogen-bond donors (Lipinski definition) is 4. The zero-order valence-electron chi connectivity index (χ0n) is 23.9. The Hall–Kier alpha value is -3.53. The summed E-state index contributed by atoms with van der Waals surface area (Å²) in [6.45, 7) is 5.82. The van der Waals surface area contributed by atoms with Crippen molar-refractivity contribution in [3.63, 3.8) is 0 Å². The average molecular weight is 624 g/mol. The first kappa shape index (κ1) is 47.3. The van der Waals surface area contributed by atoms with Gasteiger partial charge in [0.05, 0.1) is 50.1 Å². The van der Waals surface area contributed by atoms with Crippen LogP contribution < -0.4 is 41.7 Å². The predicted molar refractivity (Wildman–Crippen MR) is 132 cm³/mol. The fourth-order valence-electron chi connectivity index (χ4n) is 1.94. The first-order valence-electron chi connectivity index (χ1n) is 12.5. The van der Waals surface area contributed by atoms with Gasteiger partial charge in [0.15, 0.2) is 0 Å². The van der Waals surface area contributed by atoms with E-state index in [1.807, 2.05) is 27.7 Å². The van der Waals surface area contributed by atoms with Crippen molar-refractivity contribution in [3.8, 4) is 0 Å². The average Bonchev–Trinajstić information content (AvgIpc) is 2.86. The molecule has 0 unspecified atom stereocenters. The second-order valence-electron chi connectivity index (χ2n) is 7.59. The third-order valence-corrected chi connectivity index (χ3v) is 3.63. The van der Waals surface area contributed by atoms with Crippen LogP contribution in [-0.2, 0) is 60.1 Å². The van der Waals surface area contributed by atoms with E-state index in [1.165, 1.54) is 0 Å². The molecule has 0 aromatic heterocycles. The summed E-state index contributed by atoms with van der Waals surface area (Å²) in [5.41, 5.74) is 0. The van der Waals surface area contributed by atoms with Gasteiger partial charge in [-0.3, -0.25) is 19.2 Å². The SMILES string of the molecule is CCCC(=O)NCC(=O)[O-].CCCC(=O)NCC(=O)[O-].CCCC(=O)NCC(=O)[O-].CCCC(=O)NCC(=O)[O-].[Ti+4]. The van der Waals surface area contributed by atoms with Crippen LogP contribution in [0.25, 0.3) is 0 Å². The Bertz CT molecular complexity index is 667. The molecule has 0 bridgehead atoms. The number of carbonyl (C=O) groups excluding carboxylic acids is 8. The van der Waals surface area contributed by atoms with E-state index in [0.717, 1.165) is 25.7 Å². The molecule has 16 nitrogen and oxygen atoms in total. The Labute approximate surface area is 254 Å². The Morgan fingerprint density at radius 2 is 0.537 bits per heavy atom. The molecule has 0 aliphatic rings. The number of carboxylic acids is 4. The van der Waals surface area contributed by atoms with Crippen LogP contribution in [0.2, 0.25) is 0 Å². The van der Waals surface area contributed by atoms with Crippen molar-refractivity contribution in [2.24, 2.45) is 0 Å². The molecular weight excluding hydrogens is 584 g/mol. The summed E-state index contributed by atoms with van der Waals surface area (Å²) in [5, 5.41) is 47.9. The minimum absolute atomic E-state index is 0. The molecule has 0 aromatic carbocycles. The molecule has 0 heterocycles. The summed E-state index contributed by atoms with van der Waals surface area (Å²) < 4.78 is 0. The zero-order chi connectivity index (χ0) is 31.9. The van der Waals surface area contributed by atoms with Crippen molar-refractivity contribution in [3.05, 3.63) is 0 Å². The van der Waals surface area contributed by atoms with Gasteiger partial charge in [-0.05, 0) is 25.7 Å². The molecule has 0 saturated carbocycles. The molecular formula is C24H40N4O12Ti. The van der Waals surface area contributed by atoms with Crippen LogP contribution in [-0.4, -0.2) is 73.7 Å². The van der Waals surface area contributed by atoms with Gasteiger partial charge in [0, 0.05) is 25.7 Å². The number of carbonyl (C=O) groups is 8.